The van der Waals surface area contributed by atoms with Crippen molar-refractivity contribution in [1.29, 1.82) is 0 Å². The van der Waals surface area contributed by atoms with Crippen LogP contribution >= 0.6 is 0 Å². The molecule has 6 rings (SSSR count). The first-order valence-electron chi connectivity index (χ1n) is 13.7. The molecular weight excluding hydrogens is 629 g/mol. The van der Waals surface area contributed by atoms with E-state index in [4.69, 9.17) is 10.2 Å². The fourth-order valence-electron chi connectivity index (χ4n) is 4.39. The number of unbranched alkanes of at least 4 members (excludes halogenated alkanes) is 1. The third-order valence-electron chi connectivity index (χ3n) is 6.90. The number of aromatic amines is 1. The minimum Gasteiger partial charge on any atom is -0.425 e. The molecule has 0 atom stereocenters. The standard InChI is InChI=1S/C23H19F4N5O2.C5H4F3N3O/c24-18-10-16-14(9-17(18)20-28-11-15(12-29-20)23(25,26)27)6-8-32(22(16)33)7-2-1-3-19-30-31-21(34-19)13-4-5-13;6-5(7,8)3-2(9)1-10-11-4(3)12/h6,8-13H,1-5,7H2;1H,(H3,9,11,12). The molecule has 1 aliphatic rings. The molecule has 0 bridgehead atoms. The number of hydrogen-bond acceptors (Lipinski definition) is 9. The molecule has 0 spiro atoms. The van der Waals surface area contributed by atoms with Gasteiger partial charge < -0.3 is 14.7 Å². The van der Waals surface area contributed by atoms with Gasteiger partial charge in [-0.25, -0.2) is 19.5 Å². The lowest BCUT2D eigenvalue weighted by Crippen LogP contribution is -2.24. The molecule has 0 saturated heterocycles. The Morgan fingerprint density at radius 2 is 1.70 bits per heavy atom. The van der Waals surface area contributed by atoms with Crippen molar-refractivity contribution in [2.75, 3.05) is 5.73 Å². The van der Waals surface area contributed by atoms with Gasteiger partial charge in [-0.1, -0.05) is 0 Å². The SMILES string of the molecule is Nc1cn[nH]c(=O)c1C(F)(F)F.O=c1c2cc(F)c(-c3ncc(C(F)(F)F)cn3)cc2ccn1CCCCc1nnc(C2CC2)o1. The van der Waals surface area contributed by atoms with Crippen LogP contribution in [0.5, 0.6) is 0 Å². The summed E-state index contributed by atoms with van der Waals surface area (Å²) < 4.78 is 96.0. The zero-order valence-electron chi connectivity index (χ0n) is 23.5. The summed E-state index contributed by atoms with van der Waals surface area (Å²) in [7, 11) is 0. The van der Waals surface area contributed by atoms with Gasteiger partial charge in [-0.3, -0.25) is 9.59 Å². The lowest BCUT2D eigenvalue weighted by Gasteiger charge is -2.10. The molecule has 46 heavy (non-hydrogen) atoms. The first-order chi connectivity index (χ1) is 21.7. The van der Waals surface area contributed by atoms with Gasteiger partial charge in [0, 0.05) is 37.5 Å². The number of H-pyrrole nitrogens is 1. The summed E-state index contributed by atoms with van der Waals surface area (Å²) in [6.07, 6.45) is -1.54. The lowest BCUT2D eigenvalue weighted by atomic mass is 10.1. The molecule has 18 heteroatoms. The maximum atomic E-state index is 14.7. The van der Waals surface area contributed by atoms with Crippen molar-refractivity contribution in [3.05, 3.63) is 92.4 Å². The zero-order chi connectivity index (χ0) is 33.2. The van der Waals surface area contributed by atoms with Crippen LogP contribution in [0, 0.1) is 5.82 Å². The number of pyridine rings is 1. The van der Waals surface area contributed by atoms with Crippen LogP contribution < -0.4 is 16.9 Å². The highest BCUT2D eigenvalue weighted by molar-refractivity contribution is 5.86. The Hall–Kier alpha value is -5.16. The molecular formula is C28H23F7N8O3. The Bertz CT molecular complexity index is 1960. The summed E-state index contributed by atoms with van der Waals surface area (Å²) in [6.45, 7) is 0.434. The minimum absolute atomic E-state index is 0.0801. The quantitative estimate of drug-likeness (QED) is 0.176. The van der Waals surface area contributed by atoms with E-state index < -0.39 is 40.5 Å². The zero-order valence-corrected chi connectivity index (χ0v) is 23.5. The molecule has 4 aromatic heterocycles. The van der Waals surface area contributed by atoms with E-state index in [-0.39, 0.29) is 22.3 Å². The van der Waals surface area contributed by atoms with Crippen LogP contribution in [0.2, 0.25) is 0 Å². The molecule has 1 aliphatic carbocycles. The molecule has 0 aliphatic heterocycles. The number of aromatic nitrogens is 7. The molecule has 0 amide bonds. The molecule has 4 heterocycles. The van der Waals surface area contributed by atoms with Crippen LogP contribution in [0.3, 0.4) is 0 Å². The van der Waals surface area contributed by atoms with Crippen molar-refractivity contribution >= 4 is 16.5 Å². The topological polar surface area (TPSA) is 158 Å². The Kier molecular flexibility index (Phi) is 8.89. The van der Waals surface area contributed by atoms with Gasteiger partial charge >= 0.3 is 12.4 Å². The van der Waals surface area contributed by atoms with Crippen LogP contribution in [0.1, 0.15) is 54.5 Å². The van der Waals surface area contributed by atoms with Gasteiger partial charge in [0.05, 0.1) is 28.4 Å². The summed E-state index contributed by atoms with van der Waals surface area (Å²) in [5.74, 6) is 0.716. The predicted octanol–water partition coefficient (Wildman–Crippen LogP) is 5.27. The second kappa shape index (κ2) is 12.7. The summed E-state index contributed by atoms with van der Waals surface area (Å²) in [4.78, 5) is 30.7. The van der Waals surface area contributed by atoms with Gasteiger partial charge in [-0.2, -0.15) is 31.4 Å². The van der Waals surface area contributed by atoms with E-state index in [1.165, 1.54) is 10.6 Å². The minimum atomic E-state index is -4.74. The van der Waals surface area contributed by atoms with E-state index in [1.54, 1.807) is 17.4 Å². The molecule has 1 saturated carbocycles. The number of halogens is 7. The highest BCUT2D eigenvalue weighted by atomic mass is 19.4. The smallest absolute Gasteiger partial charge is 0.423 e. The third-order valence-corrected chi connectivity index (χ3v) is 6.90. The second-order valence-corrected chi connectivity index (χ2v) is 10.3. The number of nitrogens with one attached hydrogen (secondary N) is 1. The first-order valence-corrected chi connectivity index (χ1v) is 13.7. The molecule has 1 aromatic carbocycles. The molecule has 5 aromatic rings. The van der Waals surface area contributed by atoms with Crippen molar-refractivity contribution in [2.45, 2.75) is 56.9 Å². The van der Waals surface area contributed by atoms with Crippen molar-refractivity contribution in [2.24, 2.45) is 0 Å². The first kappa shape index (κ1) is 32.2. The van der Waals surface area contributed by atoms with Gasteiger partial charge in [0.15, 0.2) is 5.82 Å². The van der Waals surface area contributed by atoms with Crippen LogP contribution in [-0.2, 0) is 25.3 Å². The Labute approximate surface area is 253 Å². The summed E-state index contributed by atoms with van der Waals surface area (Å²) >= 11 is 0. The van der Waals surface area contributed by atoms with Crippen molar-refractivity contribution in [3.8, 4) is 11.4 Å². The maximum Gasteiger partial charge on any atom is 0.423 e. The number of rotatable bonds is 7. The average molecular weight is 653 g/mol. The van der Waals surface area contributed by atoms with Crippen LogP contribution in [0.15, 0.2) is 57.0 Å². The Morgan fingerprint density at radius 1 is 0.978 bits per heavy atom. The summed E-state index contributed by atoms with van der Waals surface area (Å²) in [6, 6.07) is 4.10. The van der Waals surface area contributed by atoms with Crippen molar-refractivity contribution in [3.63, 3.8) is 0 Å². The van der Waals surface area contributed by atoms with Gasteiger partial charge in [-0.15, -0.1) is 10.2 Å². The number of nitrogens with zero attached hydrogens (tertiary/aromatic N) is 6. The molecule has 11 nitrogen and oxygen atoms in total. The average Bonchev–Trinajstić information content (AvgIpc) is 3.73. The number of nitrogens with two attached hydrogens (primary N) is 1. The number of aryl methyl sites for hydroxylation is 2. The lowest BCUT2D eigenvalue weighted by molar-refractivity contribution is -0.138. The van der Waals surface area contributed by atoms with E-state index in [2.05, 4.69) is 25.3 Å². The number of benzene rings is 1. The number of alkyl halides is 6. The number of anilines is 1. The fourth-order valence-corrected chi connectivity index (χ4v) is 4.39. The van der Waals surface area contributed by atoms with Gasteiger partial charge in [0.2, 0.25) is 11.8 Å². The normalized spacial score (nSPS) is 13.5. The summed E-state index contributed by atoms with van der Waals surface area (Å²) in [5, 5.41) is 13.4. The number of hydrogen-bond donors (Lipinski definition) is 2. The van der Waals surface area contributed by atoms with E-state index >= 15 is 0 Å². The van der Waals surface area contributed by atoms with E-state index in [1.807, 2.05) is 0 Å². The number of nitrogen functional groups attached to an aromatic ring is 1. The van der Waals surface area contributed by atoms with Crippen LogP contribution in [0.4, 0.5) is 36.4 Å². The highest BCUT2D eigenvalue weighted by Crippen LogP contribution is 2.39. The molecule has 0 unspecified atom stereocenters. The van der Waals surface area contributed by atoms with E-state index in [9.17, 15) is 40.3 Å². The van der Waals surface area contributed by atoms with Crippen molar-refractivity contribution in [1.82, 2.24) is 34.9 Å². The highest BCUT2D eigenvalue weighted by Gasteiger charge is 2.36. The van der Waals surface area contributed by atoms with Gasteiger partial charge in [0.25, 0.3) is 11.1 Å². The van der Waals surface area contributed by atoms with E-state index in [0.717, 1.165) is 31.5 Å². The van der Waals surface area contributed by atoms with Crippen molar-refractivity contribution < 1.29 is 35.2 Å². The monoisotopic (exact) mass is 652 g/mol. The van der Waals surface area contributed by atoms with Crippen LogP contribution in [-0.4, -0.2) is 34.9 Å². The number of fused-ring (bicyclic) bond motifs is 1. The Morgan fingerprint density at radius 3 is 2.30 bits per heavy atom. The molecule has 242 valence electrons. The fraction of sp³-hybridized carbons (Fsp3) is 0.321. The summed E-state index contributed by atoms with van der Waals surface area (Å²) in [5.41, 5.74) is 0.0325. The third kappa shape index (κ3) is 7.37. The predicted molar refractivity (Wildman–Crippen MR) is 148 cm³/mol. The van der Waals surface area contributed by atoms with Gasteiger partial charge in [0.1, 0.15) is 11.4 Å². The Balaban J connectivity index is 0.000000293. The molecule has 3 N–H and O–H groups in total. The largest absolute Gasteiger partial charge is 0.425 e. The second-order valence-electron chi connectivity index (χ2n) is 10.3. The van der Waals surface area contributed by atoms with Crippen LogP contribution in [0.25, 0.3) is 22.2 Å². The van der Waals surface area contributed by atoms with Gasteiger partial charge in [-0.05, 0) is 49.3 Å². The van der Waals surface area contributed by atoms with E-state index in [0.29, 0.717) is 54.9 Å². The molecule has 1 fully saturated rings. The maximum absolute atomic E-state index is 14.7. The molecule has 0 radical (unpaired) electrons.